The molecule has 0 saturated heterocycles. The van der Waals surface area contributed by atoms with Gasteiger partial charge in [-0.25, -0.2) is 17.6 Å². The molecule has 1 unspecified atom stereocenters. The second-order valence-electron chi connectivity index (χ2n) is 4.61. The van der Waals surface area contributed by atoms with Crippen molar-refractivity contribution in [1.29, 1.82) is 0 Å². The van der Waals surface area contributed by atoms with Crippen molar-refractivity contribution in [1.82, 2.24) is 0 Å². The monoisotopic (exact) mass is 300 g/mol. The van der Waals surface area contributed by atoms with E-state index in [1.54, 1.807) is 0 Å². The molecule has 0 aliphatic heterocycles. The highest BCUT2D eigenvalue weighted by Crippen LogP contribution is 2.38. The fourth-order valence-electron chi connectivity index (χ4n) is 2.18. The van der Waals surface area contributed by atoms with Crippen LogP contribution in [0.15, 0.2) is 30.3 Å². The Morgan fingerprint density at radius 3 is 2.24 bits per heavy atom. The van der Waals surface area contributed by atoms with Crippen LogP contribution in [0.2, 0.25) is 0 Å². The van der Waals surface area contributed by atoms with Gasteiger partial charge in [0.05, 0.1) is 12.7 Å². The molecule has 2 aromatic rings. The summed E-state index contributed by atoms with van der Waals surface area (Å²) in [5.41, 5.74) is -3.20. The molecule has 6 heteroatoms. The third-order valence-corrected chi connectivity index (χ3v) is 3.24. The summed E-state index contributed by atoms with van der Waals surface area (Å²) in [4.78, 5) is 0. The molecule has 112 valence electrons. The molecule has 0 aromatic heterocycles. The molecular weight excluding hydrogens is 288 g/mol. The highest BCUT2D eigenvalue weighted by Gasteiger charge is 2.36. The minimum Gasteiger partial charge on any atom is -0.496 e. The molecule has 2 rings (SSSR count). The number of rotatable bonds is 3. The van der Waals surface area contributed by atoms with Crippen LogP contribution in [0.25, 0.3) is 0 Å². The van der Waals surface area contributed by atoms with Crippen LogP contribution in [0.3, 0.4) is 0 Å². The van der Waals surface area contributed by atoms with Crippen LogP contribution in [-0.4, -0.2) is 12.2 Å². The van der Waals surface area contributed by atoms with Crippen LogP contribution in [0.1, 0.15) is 18.1 Å². The third-order valence-electron chi connectivity index (χ3n) is 3.24. The van der Waals surface area contributed by atoms with Gasteiger partial charge in [0.25, 0.3) is 0 Å². The molecular formula is C15H12F4O2. The second kappa shape index (κ2) is 5.37. The predicted molar refractivity (Wildman–Crippen MR) is 67.9 cm³/mol. The predicted octanol–water partition coefficient (Wildman–Crippen LogP) is 3.51. The summed E-state index contributed by atoms with van der Waals surface area (Å²) in [6, 6.07) is 5.28. The Balaban J connectivity index is 2.71. The van der Waals surface area contributed by atoms with Crippen LogP contribution >= 0.6 is 0 Å². The maximum atomic E-state index is 14.0. The van der Waals surface area contributed by atoms with Crippen molar-refractivity contribution in [3.63, 3.8) is 0 Å². The van der Waals surface area contributed by atoms with Gasteiger partial charge in [-0.05, 0) is 31.2 Å². The molecule has 0 saturated carbocycles. The molecule has 0 aliphatic carbocycles. The van der Waals surface area contributed by atoms with Crippen molar-refractivity contribution in [3.8, 4) is 5.75 Å². The molecule has 0 fully saturated rings. The summed E-state index contributed by atoms with van der Waals surface area (Å²) in [7, 11) is 1.25. The van der Waals surface area contributed by atoms with Gasteiger partial charge in [-0.15, -0.1) is 0 Å². The number of methoxy groups -OCH3 is 1. The Kier molecular flexibility index (Phi) is 3.91. The lowest BCUT2D eigenvalue weighted by Crippen LogP contribution is -2.27. The molecule has 0 amide bonds. The Hall–Kier alpha value is -2.08. The normalized spacial score (nSPS) is 13.9. The van der Waals surface area contributed by atoms with Crippen molar-refractivity contribution in [3.05, 3.63) is 64.7 Å². The Bertz CT molecular complexity index is 684. The zero-order valence-electron chi connectivity index (χ0n) is 11.3. The quantitative estimate of drug-likeness (QED) is 0.694. The topological polar surface area (TPSA) is 29.5 Å². The van der Waals surface area contributed by atoms with E-state index >= 15 is 0 Å². The van der Waals surface area contributed by atoms with Crippen molar-refractivity contribution in [2.75, 3.05) is 7.11 Å². The standard InChI is InChI=1S/C15H12F4O2/c1-15(20,8-6-7-10(17)14(19)13(8)18)12-9(16)4-3-5-11(12)21-2/h3-7,20H,1-2H3. The van der Waals surface area contributed by atoms with Crippen molar-refractivity contribution in [2.24, 2.45) is 0 Å². The van der Waals surface area contributed by atoms with E-state index in [9.17, 15) is 22.7 Å². The molecule has 21 heavy (non-hydrogen) atoms. The van der Waals surface area contributed by atoms with Crippen LogP contribution < -0.4 is 4.74 Å². The van der Waals surface area contributed by atoms with Gasteiger partial charge in [0, 0.05) is 5.56 Å². The first-order valence-electron chi connectivity index (χ1n) is 6.00. The van der Waals surface area contributed by atoms with Crippen molar-refractivity contribution >= 4 is 0 Å². The largest absolute Gasteiger partial charge is 0.496 e. The summed E-state index contributed by atoms with van der Waals surface area (Å²) < 4.78 is 59.1. The minimum absolute atomic E-state index is 0.0378. The van der Waals surface area contributed by atoms with Gasteiger partial charge in [0.15, 0.2) is 17.5 Å². The van der Waals surface area contributed by atoms with E-state index in [0.29, 0.717) is 6.07 Å². The maximum Gasteiger partial charge on any atom is 0.194 e. The summed E-state index contributed by atoms with van der Waals surface area (Å²) in [6.45, 7) is 1.07. The van der Waals surface area contributed by atoms with E-state index in [2.05, 4.69) is 0 Å². The maximum absolute atomic E-state index is 14.0. The Morgan fingerprint density at radius 1 is 0.952 bits per heavy atom. The van der Waals surface area contributed by atoms with Crippen LogP contribution in [-0.2, 0) is 5.60 Å². The highest BCUT2D eigenvalue weighted by molar-refractivity contribution is 5.45. The molecule has 0 aliphatic rings. The lowest BCUT2D eigenvalue weighted by molar-refractivity contribution is 0.0892. The number of aliphatic hydroxyl groups is 1. The SMILES string of the molecule is COc1cccc(F)c1C(C)(O)c1ccc(F)c(F)c1F. The molecule has 1 N–H and O–H groups in total. The van der Waals surface area contributed by atoms with Gasteiger partial charge in [0.1, 0.15) is 17.2 Å². The van der Waals surface area contributed by atoms with Gasteiger partial charge in [-0.2, -0.15) is 0 Å². The Morgan fingerprint density at radius 2 is 1.62 bits per heavy atom. The fourth-order valence-corrected chi connectivity index (χ4v) is 2.18. The third kappa shape index (κ3) is 2.47. The Labute approximate surface area is 118 Å². The molecule has 0 heterocycles. The number of hydrogen-bond acceptors (Lipinski definition) is 2. The van der Waals surface area contributed by atoms with Gasteiger partial charge in [-0.1, -0.05) is 6.07 Å². The second-order valence-corrected chi connectivity index (χ2v) is 4.61. The first kappa shape index (κ1) is 15.3. The summed E-state index contributed by atoms with van der Waals surface area (Å²) in [6.07, 6.45) is 0. The molecule has 2 aromatic carbocycles. The average Bonchev–Trinajstić information content (AvgIpc) is 2.43. The number of halogens is 4. The lowest BCUT2D eigenvalue weighted by atomic mass is 9.86. The van der Waals surface area contributed by atoms with Gasteiger partial charge < -0.3 is 9.84 Å². The van der Waals surface area contributed by atoms with Crippen molar-refractivity contribution < 1.29 is 27.4 Å². The van der Waals surface area contributed by atoms with Crippen LogP contribution in [0.5, 0.6) is 5.75 Å². The average molecular weight is 300 g/mol. The van der Waals surface area contributed by atoms with E-state index in [-0.39, 0.29) is 11.3 Å². The highest BCUT2D eigenvalue weighted by atomic mass is 19.2. The summed E-state index contributed by atoms with van der Waals surface area (Å²) >= 11 is 0. The smallest absolute Gasteiger partial charge is 0.194 e. The van der Waals surface area contributed by atoms with Gasteiger partial charge in [-0.3, -0.25) is 0 Å². The number of hydrogen-bond donors (Lipinski definition) is 1. The van der Waals surface area contributed by atoms with E-state index in [1.807, 2.05) is 0 Å². The molecule has 0 spiro atoms. The lowest BCUT2D eigenvalue weighted by Gasteiger charge is -2.27. The first-order valence-corrected chi connectivity index (χ1v) is 6.00. The van der Waals surface area contributed by atoms with Gasteiger partial charge in [0.2, 0.25) is 0 Å². The van der Waals surface area contributed by atoms with E-state index in [0.717, 1.165) is 19.1 Å². The zero-order chi connectivity index (χ0) is 15.8. The molecule has 0 radical (unpaired) electrons. The molecule has 2 nitrogen and oxygen atoms in total. The number of benzene rings is 2. The van der Waals surface area contributed by atoms with Crippen LogP contribution in [0.4, 0.5) is 17.6 Å². The number of ether oxygens (including phenoxy) is 1. The minimum atomic E-state index is -2.24. The summed E-state index contributed by atoms with van der Waals surface area (Å²) in [5.74, 6) is -5.60. The van der Waals surface area contributed by atoms with E-state index in [1.165, 1.54) is 19.2 Å². The summed E-state index contributed by atoms with van der Waals surface area (Å²) in [5, 5.41) is 10.5. The van der Waals surface area contributed by atoms with Gasteiger partial charge >= 0.3 is 0 Å². The van der Waals surface area contributed by atoms with Crippen molar-refractivity contribution in [2.45, 2.75) is 12.5 Å². The molecule has 0 bridgehead atoms. The fraction of sp³-hybridized carbons (Fsp3) is 0.200. The zero-order valence-corrected chi connectivity index (χ0v) is 11.3. The van der Waals surface area contributed by atoms with Crippen LogP contribution in [0, 0.1) is 23.3 Å². The van der Waals surface area contributed by atoms with E-state index in [4.69, 9.17) is 4.74 Å². The molecule has 1 atom stereocenters. The first-order chi connectivity index (χ1) is 9.80. The van der Waals surface area contributed by atoms with E-state index < -0.39 is 34.4 Å².